The van der Waals surface area contributed by atoms with E-state index in [0.29, 0.717) is 30.8 Å². The van der Waals surface area contributed by atoms with Gasteiger partial charge in [-0.1, -0.05) is 6.07 Å². The maximum atomic E-state index is 12.7. The van der Waals surface area contributed by atoms with Crippen LogP contribution in [0.15, 0.2) is 53.5 Å². The zero-order valence-electron chi connectivity index (χ0n) is 16.9. The number of carbonyl (C=O) groups is 2. The van der Waals surface area contributed by atoms with E-state index in [-0.39, 0.29) is 29.5 Å². The van der Waals surface area contributed by atoms with Crippen molar-refractivity contribution >= 4 is 11.8 Å². The Morgan fingerprint density at radius 3 is 2.50 bits per heavy atom. The van der Waals surface area contributed by atoms with Gasteiger partial charge in [0.1, 0.15) is 5.60 Å². The molecule has 30 heavy (non-hydrogen) atoms. The molecule has 1 aromatic heterocycles. The fourth-order valence-electron chi connectivity index (χ4n) is 3.92. The van der Waals surface area contributed by atoms with Crippen LogP contribution in [0.3, 0.4) is 0 Å². The smallest absolute Gasteiger partial charge is 0.255 e. The fourth-order valence-corrected chi connectivity index (χ4v) is 3.92. The van der Waals surface area contributed by atoms with Crippen molar-refractivity contribution in [3.05, 3.63) is 64.6 Å². The first-order valence-corrected chi connectivity index (χ1v) is 10.1. The normalized spacial score (nSPS) is 22.4. The van der Waals surface area contributed by atoms with E-state index in [0.717, 1.165) is 12.8 Å². The second kappa shape index (κ2) is 8.04. The van der Waals surface area contributed by atoms with Gasteiger partial charge in [0, 0.05) is 55.8 Å². The first kappa shape index (κ1) is 20.3. The molecular formula is C22H26N4O4. The van der Waals surface area contributed by atoms with E-state index >= 15 is 0 Å². The van der Waals surface area contributed by atoms with Crippen LogP contribution in [-0.2, 0) is 9.53 Å². The summed E-state index contributed by atoms with van der Waals surface area (Å²) in [7, 11) is 1.57. The molecular weight excluding hydrogens is 384 g/mol. The molecule has 1 aliphatic carbocycles. The molecule has 2 amide bonds. The largest absolute Gasteiger partial charge is 0.368 e. The monoisotopic (exact) mass is 410 g/mol. The lowest BCUT2D eigenvalue weighted by Gasteiger charge is -2.38. The number of piperidine rings is 1. The molecule has 2 atom stereocenters. The van der Waals surface area contributed by atoms with Crippen LogP contribution in [-0.4, -0.2) is 59.2 Å². The third kappa shape index (κ3) is 3.88. The van der Waals surface area contributed by atoms with E-state index in [2.05, 4.69) is 5.32 Å². The molecule has 0 spiro atoms. The molecule has 0 radical (unpaired) electrons. The lowest BCUT2D eigenvalue weighted by Crippen LogP contribution is -2.60. The SMILES string of the molecule is COC1(C(=O)N2CCC(NC(=O)c3ccc(-n4ccccc4=O)cc3)C(N)C2)CC1. The molecule has 1 aliphatic heterocycles. The number of nitrogens with one attached hydrogen (secondary N) is 1. The van der Waals surface area contributed by atoms with Gasteiger partial charge in [0.2, 0.25) is 0 Å². The maximum absolute atomic E-state index is 12.7. The van der Waals surface area contributed by atoms with Gasteiger partial charge in [0.25, 0.3) is 17.4 Å². The third-order valence-electron chi connectivity index (χ3n) is 5.98. The van der Waals surface area contributed by atoms with Crippen molar-refractivity contribution in [1.82, 2.24) is 14.8 Å². The van der Waals surface area contributed by atoms with Gasteiger partial charge in [0.15, 0.2) is 0 Å². The van der Waals surface area contributed by atoms with E-state index in [4.69, 9.17) is 10.5 Å². The quantitative estimate of drug-likeness (QED) is 0.754. The Kier molecular flexibility index (Phi) is 5.44. The van der Waals surface area contributed by atoms with E-state index < -0.39 is 5.60 Å². The number of hydrogen-bond donors (Lipinski definition) is 2. The molecule has 2 aliphatic rings. The highest BCUT2D eigenvalue weighted by atomic mass is 16.5. The molecule has 1 saturated carbocycles. The number of ether oxygens (including phenoxy) is 1. The summed E-state index contributed by atoms with van der Waals surface area (Å²) in [4.78, 5) is 39.0. The maximum Gasteiger partial charge on any atom is 0.255 e. The lowest BCUT2D eigenvalue weighted by molar-refractivity contribution is -0.146. The number of amides is 2. The molecule has 8 heteroatoms. The van der Waals surface area contributed by atoms with Crippen molar-refractivity contribution in [2.75, 3.05) is 20.2 Å². The Morgan fingerprint density at radius 2 is 1.90 bits per heavy atom. The second-order valence-electron chi connectivity index (χ2n) is 7.94. The molecule has 2 aromatic rings. The minimum absolute atomic E-state index is 0.00281. The number of hydrogen-bond acceptors (Lipinski definition) is 5. The first-order chi connectivity index (χ1) is 14.4. The summed E-state index contributed by atoms with van der Waals surface area (Å²) in [5.41, 5.74) is 6.66. The number of methoxy groups -OCH3 is 1. The van der Waals surface area contributed by atoms with Crippen LogP contribution < -0.4 is 16.6 Å². The van der Waals surface area contributed by atoms with Gasteiger partial charge < -0.3 is 20.7 Å². The average molecular weight is 410 g/mol. The zero-order valence-corrected chi connectivity index (χ0v) is 16.9. The summed E-state index contributed by atoms with van der Waals surface area (Å²) in [6, 6.07) is 11.2. The number of nitrogens with two attached hydrogens (primary N) is 1. The molecule has 4 rings (SSSR count). The van der Waals surface area contributed by atoms with Crippen molar-refractivity contribution in [2.24, 2.45) is 5.73 Å². The Bertz CT molecular complexity index is 997. The van der Waals surface area contributed by atoms with Crippen LogP contribution in [0, 0.1) is 0 Å². The highest BCUT2D eigenvalue weighted by Gasteiger charge is 2.53. The summed E-state index contributed by atoms with van der Waals surface area (Å²) in [6.07, 6.45) is 3.77. The number of rotatable bonds is 5. The van der Waals surface area contributed by atoms with Crippen LogP contribution in [0.4, 0.5) is 0 Å². The predicted molar refractivity (Wildman–Crippen MR) is 111 cm³/mol. The molecule has 2 fully saturated rings. The second-order valence-corrected chi connectivity index (χ2v) is 7.94. The minimum atomic E-state index is -0.654. The van der Waals surface area contributed by atoms with E-state index in [9.17, 15) is 14.4 Å². The van der Waals surface area contributed by atoms with Gasteiger partial charge in [-0.15, -0.1) is 0 Å². The number of benzene rings is 1. The van der Waals surface area contributed by atoms with Crippen LogP contribution in [0.2, 0.25) is 0 Å². The van der Waals surface area contributed by atoms with Crippen molar-refractivity contribution < 1.29 is 14.3 Å². The Balaban J connectivity index is 1.37. The van der Waals surface area contributed by atoms with E-state index in [1.54, 1.807) is 54.6 Å². The van der Waals surface area contributed by atoms with Crippen molar-refractivity contribution in [3.63, 3.8) is 0 Å². The van der Waals surface area contributed by atoms with Crippen molar-refractivity contribution in [3.8, 4) is 5.69 Å². The molecule has 2 unspecified atom stereocenters. The molecule has 158 valence electrons. The van der Waals surface area contributed by atoms with Gasteiger partial charge in [0.05, 0.1) is 0 Å². The number of likely N-dealkylation sites (tertiary alicyclic amines) is 1. The zero-order chi connectivity index (χ0) is 21.3. The van der Waals surface area contributed by atoms with Gasteiger partial charge in [-0.25, -0.2) is 0 Å². The van der Waals surface area contributed by atoms with Gasteiger partial charge in [-0.05, 0) is 49.6 Å². The highest BCUT2D eigenvalue weighted by molar-refractivity contribution is 5.94. The number of aromatic nitrogens is 1. The Labute approximate surface area is 174 Å². The lowest BCUT2D eigenvalue weighted by atomic mass is 9.98. The van der Waals surface area contributed by atoms with Crippen LogP contribution >= 0.6 is 0 Å². The number of nitrogens with zero attached hydrogens (tertiary/aromatic N) is 2. The van der Waals surface area contributed by atoms with Gasteiger partial charge >= 0.3 is 0 Å². The summed E-state index contributed by atoms with van der Waals surface area (Å²) in [5, 5.41) is 2.98. The van der Waals surface area contributed by atoms with Crippen molar-refractivity contribution in [2.45, 2.75) is 36.9 Å². The molecule has 1 saturated heterocycles. The first-order valence-electron chi connectivity index (χ1n) is 10.1. The van der Waals surface area contributed by atoms with E-state index in [1.807, 2.05) is 0 Å². The molecule has 1 aromatic carbocycles. The summed E-state index contributed by atoms with van der Waals surface area (Å²) in [6.45, 7) is 0.934. The molecule has 2 heterocycles. The Morgan fingerprint density at radius 1 is 1.17 bits per heavy atom. The number of pyridine rings is 1. The highest BCUT2D eigenvalue weighted by Crippen LogP contribution is 2.41. The van der Waals surface area contributed by atoms with Gasteiger partial charge in [-0.3, -0.25) is 19.0 Å². The topological polar surface area (TPSA) is 107 Å². The third-order valence-corrected chi connectivity index (χ3v) is 5.98. The summed E-state index contributed by atoms with van der Waals surface area (Å²) in [5.74, 6) is -0.227. The fraction of sp³-hybridized carbons (Fsp3) is 0.409. The van der Waals surface area contributed by atoms with Crippen LogP contribution in [0.25, 0.3) is 5.69 Å². The number of carbonyl (C=O) groups excluding carboxylic acids is 2. The van der Waals surface area contributed by atoms with Crippen LogP contribution in [0.5, 0.6) is 0 Å². The molecule has 0 bridgehead atoms. The summed E-state index contributed by atoms with van der Waals surface area (Å²) < 4.78 is 6.89. The standard InChI is InChI=1S/C22H26N4O4/c1-30-22(10-11-22)21(29)25-13-9-18(17(23)14-25)24-20(28)15-5-7-16(8-6-15)26-12-3-2-4-19(26)27/h2-8,12,17-18H,9-11,13-14,23H2,1H3,(H,24,28). The van der Waals surface area contributed by atoms with Crippen molar-refractivity contribution in [1.29, 1.82) is 0 Å². The predicted octanol–water partition coefficient (Wildman–Crippen LogP) is 0.674. The summed E-state index contributed by atoms with van der Waals surface area (Å²) >= 11 is 0. The Hall–Kier alpha value is -2.97. The van der Waals surface area contributed by atoms with Gasteiger partial charge in [-0.2, -0.15) is 0 Å². The minimum Gasteiger partial charge on any atom is -0.368 e. The van der Waals surface area contributed by atoms with Crippen LogP contribution in [0.1, 0.15) is 29.6 Å². The molecule has 8 nitrogen and oxygen atoms in total. The average Bonchev–Trinajstić information content (AvgIpc) is 3.56. The molecule has 3 N–H and O–H groups in total. The van der Waals surface area contributed by atoms with E-state index in [1.165, 1.54) is 10.6 Å².